The molecule has 0 saturated heterocycles. The number of benzene rings is 2. The highest BCUT2D eigenvalue weighted by atomic mass is 32.1. The van der Waals surface area contributed by atoms with E-state index in [0.717, 1.165) is 5.69 Å². The maximum Gasteiger partial charge on any atom is 0.337 e. The van der Waals surface area contributed by atoms with Crippen molar-refractivity contribution in [1.29, 1.82) is 0 Å². The number of methoxy groups -OCH3 is 2. The van der Waals surface area contributed by atoms with E-state index in [0.29, 0.717) is 22.1 Å². The molecule has 0 heterocycles. The van der Waals surface area contributed by atoms with E-state index in [1.807, 2.05) is 30.3 Å². The minimum absolute atomic E-state index is 0.395. The van der Waals surface area contributed by atoms with E-state index in [-0.39, 0.29) is 0 Å². The third-order valence-electron chi connectivity index (χ3n) is 2.90. The molecule has 5 nitrogen and oxygen atoms in total. The Labute approximate surface area is 134 Å². The van der Waals surface area contributed by atoms with Crippen LogP contribution in [0.2, 0.25) is 0 Å². The summed E-state index contributed by atoms with van der Waals surface area (Å²) < 4.78 is 9.94. The van der Waals surface area contributed by atoms with Crippen LogP contribution in [0.25, 0.3) is 0 Å². The number of esters is 1. The molecule has 0 aliphatic rings. The maximum atomic E-state index is 11.5. The van der Waals surface area contributed by atoms with Crippen LogP contribution in [-0.2, 0) is 4.74 Å². The van der Waals surface area contributed by atoms with Crippen molar-refractivity contribution >= 4 is 34.7 Å². The van der Waals surface area contributed by atoms with Crippen LogP contribution in [-0.4, -0.2) is 25.3 Å². The molecule has 2 aromatic carbocycles. The van der Waals surface area contributed by atoms with Crippen LogP contribution in [0.15, 0.2) is 48.5 Å². The lowest BCUT2D eigenvalue weighted by atomic mass is 10.2. The van der Waals surface area contributed by atoms with Gasteiger partial charge in [-0.1, -0.05) is 18.2 Å². The lowest BCUT2D eigenvalue weighted by Gasteiger charge is -2.13. The van der Waals surface area contributed by atoms with Crippen molar-refractivity contribution < 1.29 is 14.3 Å². The zero-order valence-electron chi connectivity index (χ0n) is 12.3. The van der Waals surface area contributed by atoms with E-state index in [2.05, 4.69) is 10.6 Å². The van der Waals surface area contributed by atoms with Gasteiger partial charge in [0, 0.05) is 5.69 Å². The second-order valence-electron chi connectivity index (χ2n) is 4.35. The fourth-order valence-corrected chi connectivity index (χ4v) is 2.10. The average Bonchev–Trinajstić information content (AvgIpc) is 2.54. The van der Waals surface area contributed by atoms with Gasteiger partial charge in [0.2, 0.25) is 0 Å². The van der Waals surface area contributed by atoms with Gasteiger partial charge in [0.25, 0.3) is 0 Å². The minimum Gasteiger partial charge on any atom is -0.495 e. The van der Waals surface area contributed by atoms with E-state index < -0.39 is 5.97 Å². The third-order valence-corrected chi connectivity index (χ3v) is 3.10. The van der Waals surface area contributed by atoms with E-state index in [9.17, 15) is 4.79 Å². The first-order valence-electron chi connectivity index (χ1n) is 6.53. The molecule has 0 fully saturated rings. The van der Waals surface area contributed by atoms with Gasteiger partial charge in [-0.25, -0.2) is 4.79 Å². The minimum atomic E-state index is -0.396. The van der Waals surface area contributed by atoms with Crippen LogP contribution < -0.4 is 15.4 Å². The molecule has 0 spiro atoms. The summed E-state index contributed by atoms with van der Waals surface area (Å²) in [6.07, 6.45) is 0. The first-order chi connectivity index (χ1) is 10.6. The van der Waals surface area contributed by atoms with E-state index in [1.54, 1.807) is 25.3 Å². The quantitative estimate of drug-likeness (QED) is 0.667. The molecule has 0 radical (unpaired) electrons. The Morgan fingerprint density at radius 2 is 1.82 bits per heavy atom. The summed E-state index contributed by atoms with van der Waals surface area (Å²) >= 11 is 5.27. The lowest BCUT2D eigenvalue weighted by molar-refractivity contribution is 0.0601. The number of hydrogen-bond acceptors (Lipinski definition) is 4. The third kappa shape index (κ3) is 3.95. The maximum absolute atomic E-state index is 11.5. The van der Waals surface area contributed by atoms with Gasteiger partial charge in [-0.3, -0.25) is 0 Å². The topological polar surface area (TPSA) is 59.6 Å². The van der Waals surface area contributed by atoms with Crippen molar-refractivity contribution in [1.82, 2.24) is 0 Å². The molecule has 114 valence electrons. The zero-order valence-corrected chi connectivity index (χ0v) is 13.1. The molecule has 2 rings (SSSR count). The number of ether oxygens (including phenoxy) is 2. The zero-order chi connectivity index (χ0) is 15.9. The van der Waals surface area contributed by atoms with Crippen molar-refractivity contribution in [2.75, 3.05) is 24.9 Å². The molecule has 0 aromatic heterocycles. The highest BCUT2D eigenvalue weighted by Crippen LogP contribution is 2.23. The predicted molar refractivity (Wildman–Crippen MR) is 90.6 cm³/mol. The number of thiocarbonyl (C=S) groups is 1. The predicted octanol–water partition coefficient (Wildman–Crippen LogP) is 3.29. The second-order valence-corrected chi connectivity index (χ2v) is 4.76. The Morgan fingerprint density at radius 1 is 1.05 bits per heavy atom. The van der Waals surface area contributed by atoms with E-state index in [4.69, 9.17) is 21.7 Å². The van der Waals surface area contributed by atoms with Crippen LogP contribution in [0.1, 0.15) is 10.4 Å². The number of hydrogen-bond donors (Lipinski definition) is 2. The summed E-state index contributed by atoms with van der Waals surface area (Å²) in [5.41, 5.74) is 1.90. The molecule has 0 atom stereocenters. The average molecular weight is 316 g/mol. The van der Waals surface area contributed by atoms with Crippen molar-refractivity contribution in [3.8, 4) is 5.75 Å². The first kappa shape index (κ1) is 15.8. The van der Waals surface area contributed by atoms with Gasteiger partial charge >= 0.3 is 5.97 Å². The number of carbonyl (C=O) groups excluding carboxylic acids is 1. The standard InChI is InChI=1S/C16H16N2O3S/c1-20-14-9-4-3-8-13(14)18-16(22)17-12-7-5-6-11(10-12)15(19)21-2/h3-10H,1-2H3,(H2,17,18,22). The van der Waals surface area contributed by atoms with Crippen molar-refractivity contribution in [3.05, 3.63) is 54.1 Å². The van der Waals surface area contributed by atoms with Gasteiger partial charge in [-0.15, -0.1) is 0 Å². The fraction of sp³-hybridized carbons (Fsp3) is 0.125. The number of rotatable bonds is 4. The van der Waals surface area contributed by atoms with E-state index >= 15 is 0 Å². The Balaban J connectivity index is 2.07. The summed E-state index contributed by atoms with van der Waals surface area (Å²) in [4.78, 5) is 11.5. The molecule has 0 bridgehead atoms. The largest absolute Gasteiger partial charge is 0.495 e. The molecule has 0 saturated carbocycles. The van der Waals surface area contributed by atoms with Gasteiger partial charge in [-0.05, 0) is 42.5 Å². The summed E-state index contributed by atoms with van der Waals surface area (Å²) in [6.45, 7) is 0. The molecule has 0 aliphatic carbocycles. The summed E-state index contributed by atoms with van der Waals surface area (Å²) in [6, 6.07) is 14.4. The van der Waals surface area contributed by atoms with Crippen LogP contribution in [0.4, 0.5) is 11.4 Å². The number of carbonyl (C=O) groups is 1. The number of anilines is 2. The SMILES string of the molecule is COC(=O)c1cccc(NC(=S)Nc2ccccc2OC)c1. The molecule has 0 amide bonds. The van der Waals surface area contributed by atoms with Gasteiger partial charge in [0.1, 0.15) is 5.75 Å². The lowest BCUT2D eigenvalue weighted by Crippen LogP contribution is -2.19. The van der Waals surface area contributed by atoms with Crippen molar-refractivity contribution in [2.24, 2.45) is 0 Å². The second kappa shape index (κ2) is 7.42. The molecule has 0 aliphatic heterocycles. The monoisotopic (exact) mass is 316 g/mol. The molecular weight excluding hydrogens is 300 g/mol. The first-order valence-corrected chi connectivity index (χ1v) is 6.94. The molecule has 22 heavy (non-hydrogen) atoms. The Kier molecular flexibility index (Phi) is 5.32. The van der Waals surface area contributed by atoms with Gasteiger partial charge < -0.3 is 20.1 Å². The Morgan fingerprint density at radius 3 is 2.55 bits per heavy atom. The molecule has 0 unspecified atom stereocenters. The van der Waals surface area contributed by atoms with Crippen molar-refractivity contribution in [3.63, 3.8) is 0 Å². The summed E-state index contributed by atoms with van der Waals surface area (Å²) in [5, 5.41) is 6.46. The molecular formula is C16H16N2O3S. The summed E-state index contributed by atoms with van der Waals surface area (Å²) in [7, 11) is 2.94. The summed E-state index contributed by atoms with van der Waals surface area (Å²) in [5.74, 6) is 0.294. The molecule has 2 N–H and O–H groups in total. The normalized spacial score (nSPS) is 9.73. The van der Waals surface area contributed by atoms with Crippen LogP contribution in [0.3, 0.4) is 0 Å². The number of nitrogens with one attached hydrogen (secondary N) is 2. The van der Waals surface area contributed by atoms with Crippen molar-refractivity contribution in [2.45, 2.75) is 0 Å². The Bertz CT molecular complexity index is 689. The number of para-hydroxylation sites is 2. The smallest absolute Gasteiger partial charge is 0.337 e. The van der Waals surface area contributed by atoms with Gasteiger partial charge in [-0.2, -0.15) is 0 Å². The highest BCUT2D eigenvalue weighted by molar-refractivity contribution is 7.80. The van der Waals surface area contributed by atoms with Gasteiger partial charge in [0.05, 0.1) is 25.5 Å². The van der Waals surface area contributed by atoms with Gasteiger partial charge in [0.15, 0.2) is 5.11 Å². The van der Waals surface area contributed by atoms with Crippen LogP contribution in [0.5, 0.6) is 5.75 Å². The Hall–Kier alpha value is -2.60. The fourth-order valence-electron chi connectivity index (χ4n) is 1.87. The van der Waals surface area contributed by atoms with E-state index in [1.165, 1.54) is 7.11 Å². The highest BCUT2D eigenvalue weighted by Gasteiger charge is 2.07. The molecule has 2 aromatic rings. The van der Waals surface area contributed by atoms with Crippen LogP contribution in [0, 0.1) is 0 Å². The van der Waals surface area contributed by atoms with Crippen LogP contribution >= 0.6 is 12.2 Å². The molecule has 6 heteroatoms.